The second-order valence-corrected chi connectivity index (χ2v) is 8.83. The molecule has 206 valence electrons. The first-order chi connectivity index (χ1) is 19.1. The molecule has 8 nitrogen and oxygen atoms in total. The van der Waals surface area contributed by atoms with Crippen molar-refractivity contribution in [2.45, 2.75) is 18.9 Å². The third-order valence-electron chi connectivity index (χ3n) is 6.26. The molecule has 4 aromatic rings. The summed E-state index contributed by atoms with van der Waals surface area (Å²) in [5.74, 6) is 0.677. The van der Waals surface area contributed by atoms with Gasteiger partial charge < -0.3 is 30.4 Å². The maximum Gasteiger partial charge on any atom is 0.416 e. The summed E-state index contributed by atoms with van der Waals surface area (Å²) in [6, 6.07) is 17.1. The van der Waals surface area contributed by atoms with E-state index in [0.717, 1.165) is 5.56 Å². The molecular formula is C28H23F4N5O3. The number of furan rings is 1. The maximum atomic E-state index is 14.0. The van der Waals surface area contributed by atoms with Gasteiger partial charge in [-0.2, -0.15) is 18.2 Å². The van der Waals surface area contributed by atoms with Gasteiger partial charge in [-0.05, 0) is 66.2 Å². The van der Waals surface area contributed by atoms with Gasteiger partial charge in [-0.15, -0.1) is 0 Å². The molecule has 2 heterocycles. The molecule has 1 aromatic heterocycles. The van der Waals surface area contributed by atoms with Crippen LogP contribution in [0.5, 0.6) is 5.75 Å². The Morgan fingerprint density at radius 2 is 1.80 bits per heavy atom. The van der Waals surface area contributed by atoms with E-state index in [1.54, 1.807) is 37.4 Å². The zero-order valence-corrected chi connectivity index (χ0v) is 21.0. The second-order valence-electron chi connectivity index (χ2n) is 8.83. The van der Waals surface area contributed by atoms with Crippen molar-refractivity contribution >= 4 is 29.1 Å². The lowest BCUT2D eigenvalue weighted by molar-refractivity contribution is -0.137. The number of ether oxygens (including phenoxy) is 1. The van der Waals surface area contributed by atoms with Crippen LogP contribution in [0.4, 0.5) is 39.6 Å². The summed E-state index contributed by atoms with van der Waals surface area (Å²) in [7, 11) is 1.58. The van der Waals surface area contributed by atoms with Gasteiger partial charge in [0.05, 0.1) is 30.2 Å². The lowest BCUT2D eigenvalue weighted by Crippen LogP contribution is -2.42. The predicted molar refractivity (Wildman–Crippen MR) is 141 cm³/mol. The molecule has 2 amide bonds. The van der Waals surface area contributed by atoms with Gasteiger partial charge >= 0.3 is 12.2 Å². The van der Waals surface area contributed by atoms with E-state index in [9.17, 15) is 22.4 Å². The number of fused-ring (bicyclic) bond motifs is 1. The third kappa shape index (κ3) is 5.47. The fraction of sp³-hybridized carbons (Fsp3) is 0.143. The standard InChI is InChI=1S/C28H23F4N5O3/c1-39-20-9-4-17(5-10-20)25-36-26-21(12-13-40-26)24(33)37(25)19-7-2-16(3-8-19)15-34-27(38)35-23-14-18(28(30,31)32)6-11-22(23)29/h2-14,24H,15,33H2,1H3,(H2,34,35,38). The van der Waals surface area contributed by atoms with Gasteiger partial charge in [0.2, 0.25) is 5.88 Å². The topological polar surface area (TPSA) is 105 Å². The molecule has 0 bridgehead atoms. The normalized spacial score (nSPS) is 14.8. The Kier molecular flexibility index (Phi) is 7.18. The van der Waals surface area contributed by atoms with E-state index in [1.165, 1.54) is 6.26 Å². The average Bonchev–Trinajstić information content (AvgIpc) is 3.42. The molecule has 0 fully saturated rings. The van der Waals surface area contributed by atoms with Gasteiger partial charge in [0.25, 0.3) is 0 Å². The quantitative estimate of drug-likeness (QED) is 0.242. The van der Waals surface area contributed by atoms with E-state index >= 15 is 0 Å². The van der Waals surface area contributed by atoms with E-state index in [4.69, 9.17) is 14.9 Å². The maximum absolute atomic E-state index is 14.0. The highest BCUT2D eigenvalue weighted by atomic mass is 19.4. The second kappa shape index (κ2) is 10.7. The van der Waals surface area contributed by atoms with Gasteiger partial charge in [-0.25, -0.2) is 9.18 Å². The third-order valence-corrected chi connectivity index (χ3v) is 6.26. The monoisotopic (exact) mass is 553 g/mol. The van der Waals surface area contributed by atoms with Crippen LogP contribution in [-0.2, 0) is 12.7 Å². The van der Waals surface area contributed by atoms with Crippen LogP contribution < -0.4 is 26.0 Å². The van der Waals surface area contributed by atoms with Crippen molar-refractivity contribution in [1.29, 1.82) is 0 Å². The molecule has 0 saturated heterocycles. The number of methoxy groups -OCH3 is 1. The van der Waals surface area contributed by atoms with Crippen LogP contribution in [0.25, 0.3) is 0 Å². The number of nitrogens with zero attached hydrogens (tertiary/aromatic N) is 2. The molecule has 12 heteroatoms. The number of urea groups is 1. The summed E-state index contributed by atoms with van der Waals surface area (Å²) in [6.45, 7) is 0.0318. The molecule has 4 N–H and O–H groups in total. The molecule has 0 saturated carbocycles. The highest BCUT2D eigenvalue weighted by Gasteiger charge is 2.32. The minimum absolute atomic E-state index is 0.0318. The summed E-state index contributed by atoms with van der Waals surface area (Å²) in [4.78, 5) is 18.8. The van der Waals surface area contributed by atoms with Gasteiger partial charge in [0, 0.05) is 17.8 Å². The fourth-order valence-corrected chi connectivity index (χ4v) is 4.20. The molecule has 0 aliphatic carbocycles. The Balaban J connectivity index is 1.31. The fourth-order valence-electron chi connectivity index (χ4n) is 4.20. The Labute approximate surface area is 226 Å². The van der Waals surface area contributed by atoms with Crippen molar-refractivity contribution in [1.82, 2.24) is 5.32 Å². The van der Waals surface area contributed by atoms with E-state index in [1.807, 2.05) is 29.2 Å². The number of rotatable bonds is 6. The molecule has 0 radical (unpaired) electrons. The Morgan fingerprint density at radius 3 is 2.48 bits per heavy atom. The van der Waals surface area contributed by atoms with Gasteiger partial charge in [-0.3, -0.25) is 0 Å². The molecule has 3 aromatic carbocycles. The molecular weight excluding hydrogens is 530 g/mol. The summed E-state index contributed by atoms with van der Waals surface area (Å²) in [5.41, 5.74) is 7.84. The minimum atomic E-state index is -4.67. The van der Waals surface area contributed by atoms with E-state index in [2.05, 4.69) is 15.6 Å². The number of alkyl halides is 3. The van der Waals surface area contributed by atoms with Crippen LogP contribution in [0, 0.1) is 5.82 Å². The highest BCUT2D eigenvalue weighted by Crippen LogP contribution is 2.38. The summed E-state index contributed by atoms with van der Waals surface area (Å²) < 4.78 is 63.5. The first kappa shape index (κ1) is 26.8. The smallest absolute Gasteiger partial charge is 0.416 e. The van der Waals surface area contributed by atoms with Crippen molar-refractivity contribution < 1.29 is 31.5 Å². The molecule has 1 atom stereocenters. The molecule has 0 spiro atoms. The lowest BCUT2D eigenvalue weighted by Gasteiger charge is -2.34. The molecule has 1 unspecified atom stereocenters. The number of hydrogen-bond donors (Lipinski definition) is 3. The number of amides is 2. The zero-order valence-electron chi connectivity index (χ0n) is 21.0. The summed E-state index contributed by atoms with van der Waals surface area (Å²) in [5, 5.41) is 4.63. The van der Waals surface area contributed by atoms with Crippen molar-refractivity contribution in [2.75, 3.05) is 17.3 Å². The van der Waals surface area contributed by atoms with E-state index in [0.29, 0.717) is 52.5 Å². The minimum Gasteiger partial charge on any atom is -0.497 e. The van der Waals surface area contributed by atoms with E-state index < -0.39 is 35.4 Å². The predicted octanol–water partition coefficient (Wildman–Crippen LogP) is 6.32. The summed E-state index contributed by atoms with van der Waals surface area (Å²) >= 11 is 0. The van der Waals surface area contributed by atoms with Crippen LogP contribution in [0.15, 0.2) is 88.5 Å². The van der Waals surface area contributed by atoms with E-state index in [-0.39, 0.29) is 6.54 Å². The number of carbonyl (C=O) groups excluding carboxylic acids is 1. The van der Waals surface area contributed by atoms with Crippen molar-refractivity contribution in [2.24, 2.45) is 10.7 Å². The van der Waals surface area contributed by atoms with Crippen molar-refractivity contribution in [3.05, 3.63) is 107 Å². The number of amidine groups is 1. The lowest BCUT2D eigenvalue weighted by atomic mass is 10.1. The van der Waals surface area contributed by atoms with Gasteiger partial charge in [0.15, 0.2) is 0 Å². The number of benzene rings is 3. The SMILES string of the molecule is COc1ccc(C2=Nc3occc3C(N)N2c2ccc(CNC(=O)Nc3cc(C(F)(F)F)ccc3F)cc2)cc1. The van der Waals surface area contributed by atoms with Crippen LogP contribution >= 0.6 is 0 Å². The van der Waals surface area contributed by atoms with Gasteiger partial charge in [0.1, 0.15) is 23.6 Å². The Bertz CT molecular complexity index is 1550. The molecule has 5 rings (SSSR count). The Hall–Kier alpha value is -4.84. The number of nitrogens with two attached hydrogens (primary N) is 1. The first-order valence-corrected chi connectivity index (χ1v) is 12.0. The largest absolute Gasteiger partial charge is 0.497 e. The Morgan fingerprint density at radius 1 is 1.07 bits per heavy atom. The zero-order chi connectivity index (χ0) is 28.4. The molecule has 1 aliphatic rings. The number of anilines is 2. The van der Waals surface area contributed by atoms with Gasteiger partial charge in [-0.1, -0.05) is 12.1 Å². The van der Waals surface area contributed by atoms with Crippen molar-refractivity contribution in [3.8, 4) is 5.75 Å². The number of hydrogen-bond acceptors (Lipinski definition) is 6. The molecule has 40 heavy (non-hydrogen) atoms. The highest BCUT2D eigenvalue weighted by molar-refractivity contribution is 6.12. The molecule has 1 aliphatic heterocycles. The van der Waals surface area contributed by atoms with Crippen LogP contribution in [0.1, 0.15) is 28.4 Å². The van der Waals surface area contributed by atoms with Crippen LogP contribution in [-0.4, -0.2) is 19.0 Å². The number of carbonyl (C=O) groups is 1. The van der Waals surface area contributed by atoms with Crippen LogP contribution in [0.2, 0.25) is 0 Å². The average molecular weight is 554 g/mol. The number of nitrogens with one attached hydrogen (secondary N) is 2. The first-order valence-electron chi connectivity index (χ1n) is 12.0. The number of aliphatic imine (C=N–C) groups is 1. The number of halogens is 4. The van der Waals surface area contributed by atoms with Crippen LogP contribution in [0.3, 0.4) is 0 Å². The van der Waals surface area contributed by atoms with Crippen molar-refractivity contribution in [3.63, 3.8) is 0 Å². The summed E-state index contributed by atoms with van der Waals surface area (Å²) in [6.07, 6.45) is -3.75.